The Kier molecular flexibility index (Phi) is 3.23. The van der Waals surface area contributed by atoms with Gasteiger partial charge in [0.25, 0.3) is 0 Å². The predicted octanol–water partition coefficient (Wildman–Crippen LogP) is -0.0780. The Bertz CT molecular complexity index is 312. The molecular formula is C10H18N4O. The van der Waals surface area contributed by atoms with Crippen LogP contribution in [0.1, 0.15) is 12.8 Å². The highest BCUT2D eigenvalue weighted by atomic mass is 16.3. The van der Waals surface area contributed by atoms with E-state index >= 15 is 0 Å². The molecule has 1 unspecified atom stereocenters. The normalized spacial score (nSPS) is 23.1. The average molecular weight is 210 g/mol. The largest absolute Gasteiger partial charge is 0.392 e. The summed E-state index contributed by atoms with van der Waals surface area (Å²) in [6.07, 6.45) is 3.75. The van der Waals surface area contributed by atoms with Crippen molar-refractivity contribution in [2.24, 2.45) is 0 Å². The maximum Gasteiger partial charge on any atom is 0.145 e. The van der Waals surface area contributed by atoms with Gasteiger partial charge in [-0.05, 0) is 25.5 Å². The number of likely N-dealkylation sites (tertiary alicyclic amines) is 1. The summed E-state index contributed by atoms with van der Waals surface area (Å²) >= 11 is 0. The first-order chi connectivity index (χ1) is 7.24. The van der Waals surface area contributed by atoms with Crippen LogP contribution in [-0.4, -0.2) is 45.5 Å². The Balaban J connectivity index is 1.77. The molecule has 3 N–H and O–H groups in total. The second-order valence-electron chi connectivity index (χ2n) is 4.10. The molecule has 0 bridgehead atoms. The summed E-state index contributed by atoms with van der Waals surface area (Å²) in [4.78, 5) is 2.27. The number of aliphatic hydroxyl groups is 1. The number of β-amino-alcohol motifs (C(OH)–C–C–N with tert-alkyl or cyclic N) is 1. The number of hydrogen-bond donors (Lipinski definition) is 2. The van der Waals surface area contributed by atoms with Gasteiger partial charge < -0.3 is 10.8 Å². The first kappa shape index (κ1) is 10.4. The van der Waals surface area contributed by atoms with E-state index in [0.29, 0.717) is 5.82 Å². The van der Waals surface area contributed by atoms with E-state index in [-0.39, 0.29) is 6.10 Å². The molecule has 15 heavy (non-hydrogen) atoms. The first-order valence-electron chi connectivity index (χ1n) is 5.43. The van der Waals surface area contributed by atoms with Gasteiger partial charge in [-0.3, -0.25) is 9.58 Å². The van der Waals surface area contributed by atoms with Gasteiger partial charge in [-0.25, -0.2) is 0 Å². The molecule has 1 fully saturated rings. The standard InChI is InChI=1S/C10H18N4O/c11-10-3-5-14(12-10)7-6-13-4-1-2-9(15)8-13/h3,5,9,15H,1-2,4,6-8H2,(H2,11,12). The second-order valence-corrected chi connectivity index (χ2v) is 4.10. The van der Waals surface area contributed by atoms with Crippen molar-refractivity contribution < 1.29 is 5.11 Å². The summed E-state index contributed by atoms with van der Waals surface area (Å²) < 4.78 is 1.84. The van der Waals surface area contributed by atoms with E-state index in [9.17, 15) is 5.11 Å². The smallest absolute Gasteiger partial charge is 0.145 e. The van der Waals surface area contributed by atoms with Gasteiger partial charge in [-0.1, -0.05) is 0 Å². The third kappa shape index (κ3) is 2.94. The van der Waals surface area contributed by atoms with Crippen molar-refractivity contribution in [3.8, 4) is 0 Å². The third-order valence-corrected chi connectivity index (χ3v) is 2.79. The monoisotopic (exact) mass is 210 g/mol. The quantitative estimate of drug-likeness (QED) is 0.732. The van der Waals surface area contributed by atoms with Crippen LogP contribution in [0.5, 0.6) is 0 Å². The van der Waals surface area contributed by atoms with Crippen LogP contribution in [0.3, 0.4) is 0 Å². The van der Waals surface area contributed by atoms with Crippen LogP contribution in [0.25, 0.3) is 0 Å². The molecule has 1 saturated heterocycles. The van der Waals surface area contributed by atoms with Crippen LogP contribution in [0.4, 0.5) is 5.82 Å². The number of rotatable bonds is 3. The van der Waals surface area contributed by atoms with Gasteiger partial charge in [0.1, 0.15) is 5.82 Å². The lowest BCUT2D eigenvalue weighted by molar-refractivity contribution is 0.0684. The summed E-state index contributed by atoms with van der Waals surface area (Å²) in [5.74, 6) is 0.564. The number of nitrogens with zero attached hydrogens (tertiary/aromatic N) is 3. The maximum absolute atomic E-state index is 9.50. The van der Waals surface area contributed by atoms with Crippen LogP contribution in [0.2, 0.25) is 0 Å². The Morgan fingerprint density at radius 2 is 2.40 bits per heavy atom. The zero-order valence-corrected chi connectivity index (χ0v) is 8.84. The lowest BCUT2D eigenvalue weighted by atomic mass is 10.1. The van der Waals surface area contributed by atoms with E-state index < -0.39 is 0 Å². The van der Waals surface area contributed by atoms with Gasteiger partial charge in [-0.15, -0.1) is 0 Å². The van der Waals surface area contributed by atoms with Crippen LogP contribution in [-0.2, 0) is 6.54 Å². The molecule has 0 amide bonds. The topological polar surface area (TPSA) is 67.3 Å². The molecule has 0 radical (unpaired) electrons. The van der Waals surface area contributed by atoms with Crippen LogP contribution in [0.15, 0.2) is 12.3 Å². The lowest BCUT2D eigenvalue weighted by Crippen LogP contribution is -2.39. The number of anilines is 1. The van der Waals surface area contributed by atoms with Crippen molar-refractivity contribution in [2.75, 3.05) is 25.4 Å². The molecular weight excluding hydrogens is 192 g/mol. The fourth-order valence-electron chi connectivity index (χ4n) is 1.98. The van der Waals surface area contributed by atoms with E-state index in [1.165, 1.54) is 0 Å². The zero-order valence-electron chi connectivity index (χ0n) is 8.84. The Hall–Kier alpha value is -1.07. The van der Waals surface area contributed by atoms with Crippen LogP contribution < -0.4 is 5.73 Å². The fraction of sp³-hybridized carbons (Fsp3) is 0.700. The molecule has 1 aliphatic rings. The molecule has 1 aromatic rings. The molecule has 0 saturated carbocycles. The van der Waals surface area contributed by atoms with Crippen LogP contribution >= 0.6 is 0 Å². The third-order valence-electron chi connectivity index (χ3n) is 2.79. The molecule has 5 nitrogen and oxygen atoms in total. The number of piperidine rings is 1. The average Bonchev–Trinajstić information content (AvgIpc) is 2.62. The Morgan fingerprint density at radius 3 is 3.07 bits per heavy atom. The molecule has 1 aromatic heterocycles. The second kappa shape index (κ2) is 4.63. The minimum absolute atomic E-state index is 0.151. The highest BCUT2D eigenvalue weighted by Crippen LogP contribution is 2.09. The van der Waals surface area contributed by atoms with Crippen molar-refractivity contribution in [3.05, 3.63) is 12.3 Å². The predicted molar refractivity (Wildman–Crippen MR) is 58.3 cm³/mol. The van der Waals surface area contributed by atoms with Crippen molar-refractivity contribution in [3.63, 3.8) is 0 Å². The van der Waals surface area contributed by atoms with Gasteiger partial charge in [0.2, 0.25) is 0 Å². The number of aromatic nitrogens is 2. The molecule has 2 rings (SSSR count). The van der Waals surface area contributed by atoms with Crippen LogP contribution in [0, 0.1) is 0 Å². The summed E-state index contributed by atoms with van der Waals surface area (Å²) in [7, 11) is 0. The molecule has 0 aliphatic carbocycles. The fourth-order valence-corrected chi connectivity index (χ4v) is 1.98. The molecule has 1 aliphatic heterocycles. The highest BCUT2D eigenvalue weighted by Gasteiger charge is 2.16. The van der Waals surface area contributed by atoms with Crippen molar-refractivity contribution >= 4 is 5.82 Å². The molecule has 0 aromatic carbocycles. The van der Waals surface area contributed by atoms with Gasteiger partial charge in [0, 0.05) is 19.3 Å². The van der Waals surface area contributed by atoms with Gasteiger partial charge in [0.05, 0.1) is 12.6 Å². The summed E-state index contributed by atoms with van der Waals surface area (Å²) in [6.45, 7) is 3.63. The van der Waals surface area contributed by atoms with E-state index in [2.05, 4.69) is 10.00 Å². The highest BCUT2D eigenvalue weighted by molar-refractivity contribution is 5.23. The molecule has 0 spiro atoms. The summed E-state index contributed by atoms with van der Waals surface area (Å²) in [5, 5.41) is 13.6. The number of hydrogen-bond acceptors (Lipinski definition) is 4. The van der Waals surface area contributed by atoms with E-state index in [1.807, 2.05) is 10.9 Å². The zero-order chi connectivity index (χ0) is 10.7. The number of aliphatic hydroxyl groups excluding tert-OH is 1. The van der Waals surface area contributed by atoms with Gasteiger partial charge in [0.15, 0.2) is 0 Å². The van der Waals surface area contributed by atoms with E-state index in [1.54, 1.807) is 6.07 Å². The maximum atomic E-state index is 9.50. The Labute approximate surface area is 89.5 Å². The molecule has 1 atom stereocenters. The molecule has 84 valence electrons. The van der Waals surface area contributed by atoms with Crippen molar-refractivity contribution in [1.29, 1.82) is 0 Å². The summed E-state index contributed by atoms with van der Waals surface area (Å²) in [6, 6.07) is 1.80. The van der Waals surface area contributed by atoms with Gasteiger partial charge in [-0.2, -0.15) is 5.10 Å². The van der Waals surface area contributed by atoms with Crippen molar-refractivity contribution in [2.45, 2.75) is 25.5 Å². The molecule has 5 heteroatoms. The minimum atomic E-state index is -0.151. The Morgan fingerprint density at radius 1 is 1.53 bits per heavy atom. The van der Waals surface area contributed by atoms with Gasteiger partial charge >= 0.3 is 0 Å². The SMILES string of the molecule is Nc1ccn(CCN2CCCC(O)C2)n1. The number of nitrogen functional groups attached to an aromatic ring is 1. The lowest BCUT2D eigenvalue weighted by Gasteiger charge is -2.29. The van der Waals surface area contributed by atoms with E-state index in [4.69, 9.17) is 5.73 Å². The van der Waals surface area contributed by atoms with E-state index in [0.717, 1.165) is 39.0 Å². The number of nitrogens with two attached hydrogens (primary N) is 1. The summed E-state index contributed by atoms with van der Waals surface area (Å²) in [5.41, 5.74) is 5.52. The first-order valence-corrected chi connectivity index (χ1v) is 5.43. The molecule has 2 heterocycles. The van der Waals surface area contributed by atoms with Crippen molar-refractivity contribution in [1.82, 2.24) is 14.7 Å². The minimum Gasteiger partial charge on any atom is -0.392 e.